The summed E-state index contributed by atoms with van der Waals surface area (Å²) in [5, 5.41) is 2.82. The van der Waals surface area contributed by atoms with E-state index in [0.717, 1.165) is 21.6 Å². The Kier molecular flexibility index (Phi) is 3.95. The summed E-state index contributed by atoms with van der Waals surface area (Å²) in [7, 11) is 0. The first-order chi connectivity index (χ1) is 8.97. The van der Waals surface area contributed by atoms with E-state index >= 15 is 0 Å². The van der Waals surface area contributed by atoms with Crippen molar-refractivity contribution >= 4 is 27.5 Å². The molecular formula is C14H14BrN3O. The van der Waals surface area contributed by atoms with Gasteiger partial charge in [0.15, 0.2) is 0 Å². The van der Waals surface area contributed by atoms with Gasteiger partial charge in [0.1, 0.15) is 4.60 Å². The van der Waals surface area contributed by atoms with Crippen molar-refractivity contribution in [2.75, 3.05) is 5.32 Å². The quantitative estimate of drug-likeness (QED) is 0.863. The van der Waals surface area contributed by atoms with E-state index < -0.39 is 0 Å². The van der Waals surface area contributed by atoms with E-state index in [4.69, 9.17) is 0 Å². The topological polar surface area (TPSA) is 54.9 Å². The van der Waals surface area contributed by atoms with Gasteiger partial charge < -0.3 is 5.32 Å². The Bertz CT molecular complexity index is 641. The molecule has 2 aromatic heterocycles. The van der Waals surface area contributed by atoms with Crippen LogP contribution in [0.3, 0.4) is 0 Å². The number of nitrogens with one attached hydrogen (secondary N) is 1. The van der Waals surface area contributed by atoms with Gasteiger partial charge in [-0.15, -0.1) is 0 Å². The van der Waals surface area contributed by atoms with Crippen molar-refractivity contribution in [2.24, 2.45) is 0 Å². The van der Waals surface area contributed by atoms with Crippen LogP contribution in [0.2, 0.25) is 0 Å². The van der Waals surface area contributed by atoms with Crippen molar-refractivity contribution in [3.63, 3.8) is 0 Å². The van der Waals surface area contributed by atoms with Gasteiger partial charge >= 0.3 is 0 Å². The summed E-state index contributed by atoms with van der Waals surface area (Å²) in [6.07, 6.45) is 1.62. The van der Waals surface area contributed by atoms with Crippen LogP contribution in [-0.4, -0.2) is 15.9 Å². The van der Waals surface area contributed by atoms with Crippen LogP contribution in [-0.2, 0) is 0 Å². The van der Waals surface area contributed by atoms with Gasteiger partial charge in [-0.05, 0) is 60.5 Å². The first kappa shape index (κ1) is 13.7. The van der Waals surface area contributed by atoms with Crippen LogP contribution in [0.5, 0.6) is 0 Å². The van der Waals surface area contributed by atoms with Gasteiger partial charge in [-0.1, -0.05) is 0 Å². The largest absolute Gasteiger partial charge is 0.321 e. The van der Waals surface area contributed by atoms with Gasteiger partial charge in [-0.3, -0.25) is 9.78 Å². The molecule has 1 N–H and O–H groups in total. The summed E-state index contributed by atoms with van der Waals surface area (Å²) < 4.78 is 0.777. The van der Waals surface area contributed by atoms with Gasteiger partial charge in [-0.2, -0.15) is 0 Å². The van der Waals surface area contributed by atoms with E-state index in [9.17, 15) is 4.79 Å². The van der Waals surface area contributed by atoms with Gasteiger partial charge in [-0.25, -0.2) is 4.98 Å². The molecule has 0 aliphatic heterocycles. The number of carbonyl (C=O) groups is 1. The van der Waals surface area contributed by atoms with Crippen molar-refractivity contribution in [1.82, 2.24) is 9.97 Å². The van der Waals surface area contributed by atoms with Crippen molar-refractivity contribution in [2.45, 2.75) is 20.8 Å². The second-order valence-corrected chi connectivity index (χ2v) is 5.12. The summed E-state index contributed by atoms with van der Waals surface area (Å²) in [5.74, 6) is -0.173. The maximum Gasteiger partial charge on any atom is 0.257 e. The normalized spacial score (nSPS) is 10.3. The van der Waals surface area contributed by atoms with E-state index in [1.54, 1.807) is 12.3 Å². The third-order valence-electron chi connectivity index (χ3n) is 2.74. The maximum absolute atomic E-state index is 12.2. The first-order valence-electron chi connectivity index (χ1n) is 5.85. The van der Waals surface area contributed by atoms with E-state index in [0.29, 0.717) is 11.3 Å². The van der Waals surface area contributed by atoms with Crippen molar-refractivity contribution in [1.29, 1.82) is 0 Å². The zero-order valence-corrected chi connectivity index (χ0v) is 12.6. The average molecular weight is 320 g/mol. The molecular weight excluding hydrogens is 306 g/mol. The molecule has 0 saturated carbocycles. The van der Waals surface area contributed by atoms with Gasteiger partial charge in [0.2, 0.25) is 0 Å². The number of rotatable bonds is 2. The molecule has 2 rings (SSSR count). The number of nitrogens with zero attached hydrogens (tertiary/aromatic N) is 2. The van der Waals surface area contributed by atoms with Gasteiger partial charge in [0.25, 0.3) is 5.91 Å². The van der Waals surface area contributed by atoms with Crippen LogP contribution < -0.4 is 5.32 Å². The fraction of sp³-hybridized carbons (Fsp3) is 0.214. The summed E-state index contributed by atoms with van der Waals surface area (Å²) in [5.41, 5.74) is 3.84. The van der Waals surface area contributed by atoms with E-state index in [2.05, 4.69) is 31.2 Å². The number of carbonyl (C=O) groups excluding carboxylic acids is 1. The Morgan fingerprint density at radius 2 is 2.00 bits per heavy atom. The molecule has 0 atom stereocenters. The molecule has 0 radical (unpaired) electrons. The molecule has 0 aliphatic rings. The maximum atomic E-state index is 12.2. The Hall–Kier alpha value is -1.75. The molecule has 98 valence electrons. The van der Waals surface area contributed by atoms with Crippen LogP contribution in [0.4, 0.5) is 5.69 Å². The van der Waals surface area contributed by atoms with E-state index in [1.165, 1.54) is 0 Å². The van der Waals surface area contributed by atoms with Gasteiger partial charge in [0.05, 0.1) is 23.1 Å². The first-order valence-corrected chi connectivity index (χ1v) is 6.64. The van der Waals surface area contributed by atoms with Crippen LogP contribution >= 0.6 is 15.9 Å². The molecule has 0 bridgehead atoms. The molecule has 0 fully saturated rings. The highest BCUT2D eigenvalue weighted by Gasteiger charge is 2.11. The number of halogens is 1. The molecule has 0 spiro atoms. The minimum Gasteiger partial charge on any atom is -0.321 e. The highest BCUT2D eigenvalue weighted by Crippen LogP contribution is 2.18. The number of pyridine rings is 2. The molecule has 0 saturated heterocycles. The lowest BCUT2D eigenvalue weighted by atomic mass is 10.1. The van der Waals surface area contributed by atoms with E-state index in [1.807, 2.05) is 32.9 Å². The smallest absolute Gasteiger partial charge is 0.257 e. The number of amides is 1. The Labute approximate surface area is 120 Å². The molecule has 0 unspecified atom stereocenters. The Morgan fingerprint density at radius 1 is 1.26 bits per heavy atom. The molecule has 0 aromatic carbocycles. The van der Waals surface area contributed by atoms with Crippen molar-refractivity contribution in [3.05, 3.63) is 51.5 Å². The highest BCUT2D eigenvalue weighted by molar-refractivity contribution is 9.10. The monoisotopic (exact) mass is 319 g/mol. The number of aromatic nitrogens is 2. The SMILES string of the molecule is Cc1ccc(C(=O)Nc2cnc(Br)c(C)c2)c(C)n1. The number of aryl methyl sites for hydroxylation is 3. The molecule has 19 heavy (non-hydrogen) atoms. The lowest BCUT2D eigenvalue weighted by Gasteiger charge is -2.08. The van der Waals surface area contributed by atoms with E-state index in [-0.39, 0.29) is 5.91 Å². The fourth-order valence-electron chi connectivity index (χ4n) is 1.75. The number of anilines is 1. The Morgan fingerprint density at radius 3 is 2.63 bits per heavy atom. The predicted molar refractivity (Wildman–Crippen MR) is 78.3 cm³/mol. The number of hydrogen-bond acceptors (Lipinski definition) is 3. The Balaban J connectivity index is 2.23. The predicted octanol–water partition coefficient (Wildman–Crippen LogP) is 3.42. The van der Waals surface area contributed by atoms with Crippen LogP contribution in [0.1, 0.15) is 27.3 Å². The summed E-state index contributed by atoms with van der Waals surface area (Å²) in [4.78, 5) is 20.6. The zero-order valence-electron chi connectivity index (χ0n) is 11.0. The lowest BCUT2D eigenvalue weighted by molar-refractivity contribution is 0.102. The molecule has 5 heteroatoms. The standard InChI is InChI=1S/C14H14BrN3O/c1-8-6-11(7-16-13(8)15)18-14(19)12-5-4-9(2)17-10(12)3/h4-7H,1-3H3,(H,18,19). The molecule has 2 aromatic rings. The van der Waals surface area contributed by atoms with Crippen molar-refractivity contribution < 1.29 is 4.79 Å². The highest BCUT2D eigenvalue weighted by atomic mass is 79.9. The molecule has 1 amide bonds. The minimum atomic E-state index is -0.173. The zero-order chi connectivity index (χ0) is 14.0. The fourth-order valence-corrected chi connectivity index (χ4v) is 1.97. The summed E-state index contributed by atoms with van der Waals surface area (Å²) in [6.45, 7) is 5.65. The summed E-state index contributed by atoms with van der Waals surface area (Å²) >= 11 is 3.33. The molecule has 0 aliphatic carbocycles. The lowest BCUT2D eigenvalue weighted by Crippen LogP contribution is -2.14. The number of hydrogen-bond donors (Lipinski definition) is 1. The average Bonchev–Trinajstić information content (AvgIpc) is 2.33. The molecule has 2 heterocycles. The summed E-state index contributed by atoms with van der Waals surface area (Å²) in [6, 6.07) is 5.48. The van der Waals surface area contributed by atoms with Crippen molar-refractivity contribution in [3.8, 4) is 0 Å². The second kappa shape index (κ2) is 5.48. The third-order valence-corrected chi connectivity index (χ3v) is 3.57. The van der Waals surface area contributed by atoms with Crippen LogP contribution in [0.15, 0.2) is 29.0 Å². The molecule has 4 nitrogen and oxygen atoms in total. The van der Waals surface area contributed by atoms with Crippen LogP contribution in [0.25, 0.3) is 0 Å². The third kappa shape index (κ3) is 3.17. The second-order valence-electron chi connectivity index (χ2n) is 4.37. The van der Waals surface area contributed by atoms with Gasteiger partial charge in [0, 0.05) is 5.69 Å². The minimum absolute atomic E-state index is 0.173. The van der Waals surface area contributed by atoms with Crippen LogP contribution in [0, 0.1) is 20.8 Å².